The van der Waals surface area contributed by atoms with E-state index in [1.807, 2.05) is 13.8 Å². The summed E-state index contributed by atoms with van der Waals surface area (Å²) in [5.74, 6) is -2.09. The van der Waals surface area contributed by atoms with Crippen molar-refractivity contribution < 1.29 is 28.4 Å². The zero-order valence-corrected chi connectivity index (χ0v) is 20.3. The van der Waals surface area contributed by atoms with Gasteiger partial charge in [0.15, 0.2) is 0 Å². The predicted molar refractivity (Wildman–Crippen MR) is 125 cm³/mol. The summed E-state index contributed by atoms with van der Waals surface area (Å²) in [5, 5.41) is 10.9. The quantitative estimate of drug-likeness (QED) is 0.333. The van der Waals surface area contributed by atoms with Crippen LogP contribution in [0.5, 0.6) is 0 Å². The lowest BCUT2D eigenvalue weighted by Gasteiger charge is -2.28. The van der Waals surface area contributed by atoms with Crippen molar-refractivity contribution in [2.45, 2.75) is 71.5 Å². The first-order valence-corrected chi connectivity index (χ1v) is 11.8. The van der Waals surface area contributed by atoms with Gasteiger partial charge in [0.1, 0.15) is 24.6 Å². The number of nitrogens with one attached hydrogen (secondary N) is 4. The Bertz CT molecular complexity index is 852. The third-order valence-electron chi connectivity index (χ3n) is 5.79. The number of carbonyl (C=O) groups is 5. The average Bonchev–Trinajstić information content (AvgIpc) is 3.32. The number of furan rings is 1. The van der Waals surface area contributed by atoms with Gasteiger partial charge in [-0.3, -0.25) is 19.2 Å². The molecule has 0 saturated carbocycles. The first-order chi connectivity index (χ1) is 16.1. The maximum absolute atomic E-state index is 13.0. The Hall–Kier alpha value is -3.17. The van der Waals surface area contributed by atoms with Gasteiger partial charge in [-0.25, -0.2) is 0 Å². The van der Waals surface area contributed by atoms with Gasteiger partial charge >= 0.3 is 0 Å². The van der Waals surface area contributed by atoms with Crippen LogP contribution >= 0.6 is 0 Å². The maximum atomic E-state index is 13.0. The highest BCUT2D eigenvalue weighted by Gasteiger charge is 2.32. The molecule has 10 nitrogen and oxygen atoms in total. The zero-order valence-electron chi connectivity index (χ0n) is 20.3. The Labute approximate surface area is 200 Å². The molecule has 0 unspecified atom stereocenters. The summed E-state index contributed by atoms with van der Waals surface area (Å²) in [4.78, 5) is 62.2. The summed E-state index contributed by atoms with van der Waals surface area (Å²) in [5.41, 5.74) is 0.287. The lowest BCUT2D eigenvalue weighted by atomic mass is 9.91. The van der Waals surface area contributed by atoms with E-state index in [1.54, 1.807) is 13.8 Å². The van der Waals surface area contributed by atoms with Crippen molar-refractivity contribution in [2.75, 3.05) is 6.54 Å². The van der Waals surface area contributed by atoms with E-state index in [0.717, 1.165) is 6.42 Å². The molecular weight excluding hydrogens is 440 g/mol. The van der Waals surface area contributed by atoms with Crippen molar-refractivity contribution in [3.8, 4) is 0 Å². The van der Waals surface area contributed by atoms with Crippen LogP contribution in [0.3, 0.4) is 0 Å². The molecule has 2 heterocycles. The standard InChI is InChI=1S/C24H36N4O6/c1-14(2)10-19(23(32)26-18(12-29)11-16-6-5-8-25-21(16)30)27-24(33)20(15(3)4)28-22(31)17-7-9-34-13-17/h7,9,12-16,18-20H,5-6,8,10-11H2,1-4H3,(H,25,30)(H,26,32)(H,27,33)(H,28,31)/t16-,18-,19-,20-/m0/s1. The Morgan fingerprint density at radius 2 is 1.88 bits per heavy atom. The summed E-state index contributed by atoms with van der Waals surface area (Å²) in [6.07, 6.45) is 5.30. The van der Waals surface area contributed by atoms with Gasteiger partial charge in [0.05, 0.1) is 17.9 Å². The minimum absolute atomic E-state index is 0.0767. The third kappa shape index (κ3) is 8.00. The Morgan fingerprint density at radius 3 is 2.44 bits per heavy atom. The minimum Gasteiger partial charge on any atom is -0.472 e. The van der Waals surface area contributed by atoms with Crippen molar-refractivity contribution >= 4 is 29.9 Å². The fraction of sp³-hybridized carbons (Fsp3) is 0.625. The van der Waals surface area contributed by atoms with Crippen LogP contribution in [0.25, 0.3) is 0 Å². The Morgan fingerprint density at radius 1 is 1.15 bits per heavy atom. The highest BCUT2D eigenvalue weighted by molar-refractivity contribution is 5.98. The number of aldehydes is 1. The summed E-state index contributed by atoms with van der Waals surface area (Å²) in [6.45, 7) is 8.02. The number of hydrogen-bond donors (Lipinski definition) is 4. The maximum Gasteiger partial charge on any atom is 0.255 e. The van der Waals surface area contributed by atoms with Gasteiger partial charge in [-0.05, 0) is 43.6 Å². The lowest BCUT2D eigenvalue weighted by molar-refractivity contribution is -0.132. The summed E-state index contributed by atoms with van der Waals surface area (Å²) in [7, 11) is 0. The number of amides is 4. The highest BCUT2D eigenvalue weighted by Crippen LogP contribution is 2.17. The van der Waals surface area contributed by atoms with Crippen molar-refractivity contribution in [1.82, 2.24) is 21.3 Å². The highest BCUT2D eigenvalue weighted by atomic mass is 16.3. The topological polar surface area (TPSA) is 147 Å². The first kappa shape index (κ1) is 27.1. The molecule has 2 rings (SSSR count). The molecule has 1 aliphatic rings. The first-order valence-electron chi connectivity index (χ1n) is 11.8. The van der Waals surface area contributed by atoms with Crippen LogP contribution in [0.2, 0.25) is 0 Å². The molecule has 0 radical (unpaired) electrons. The average molecular weight is 477 g/mol. The largest absolute Gasteiger partial charge is 0.472 e. The molecule has 0 spiro atoms. The third-order valence-corrected chi connectivity index (χ3v) is 5.79. The molecule has 4 amide bonds. The van der Waals surface area contributed by atoms with E-state index in [0.29, 0.717) is 25.7 Å². The second-order valence-corrected chi connectivity index (χ2v) is 9.51. The van der Waals surface area contributed by atoms with Gasteiger partial charge in [-0.15, -0.1) is 0 Å². The molecule has 4 atom stereocenters. The molecule has 1 aliphatic heterocycles. The van der Waals surface area contributed by atoms with Crippen LogP contribution in [0, 0.1) is 17.8 Å². The van der Waals surface area contributed by atoms with E-state index >= 15 is 0 Å². The molecule has 0 bridgehead atoms. The van der Waals surface area contributed by atoms with Gasteiger partial charge in [0, 0.05) is 12.5 Å². The minimum atomic E-state index is -0.901. The van der Waals surface area contributed by atoms with Gasteiger partial charge < -0.3 is 30.5 Å². The molecule has 1 aromatic rings. The van der Waals surface area contributed by atoms with Gasteiger partial charge in [-0.1, -0.05) is 27.7 Å². The monoisotopic (exact) mass is 476 g/mol. The van der Waals surface area contributed by atoms with E-state index in [2.05, 4.69) is 21.3 Å². The molecule has 1 saturated heterocycles. The summed E-state index contributed by atoms with van der Waals surface area (Å²) >= 11 is 0. The van der Waals surface area contributed by atoms with E-state index in [4.69, 9.17) is 4.42 Å². The van der Waals surface area contributed by atoms with Crippen LogP contribution in [-0.2, 0) is 19.2 Å². The molecule has 0 aromatic carbocycles. The van der Waals surface area contributed by atoms with Crippen molar-refractivity contribution in [3.63, 3.8) is 0 Å². The van der Waals surface area contributed by atoms with Crippen LogP contribution in [0.1, 0.15) is 63.7 Å². The molecule has 1 aromatic heterocycles. The van der Waals surface area contributed by atoms with Gasteiger partial charge in [0.2, 0.25) is 17.7 Å². The van der Waals surface area contributed by atoms with Gasteiger partial charge in [0.25, 0.3) is 5.91 Å². The van der Waals surface area contributed by atoms with E-state index in [-0.39, 0.29) is 35.6 Å². The molecule has 4 N–H and O–H groups in total. The van der Waals surface area contributed by atoms with E-state index < -0.39 is 35.8 Å². The molecule has 0 aliphatic carbocycles. The Kier molecular flexibility index (Phi) is 10.3. The SMILES string of the molecule is CC(C)C[C@H](NC(=O)[C@@H](NC(=O)c1ccoc1)C(C)C)C(=O)N[C@H](C=O)C[C@@H]1CCCNC1=O. The predicted octanol–water partition coefficient (Wildman–Crippen LogP) is 1.16. The summed E-state index contributed by atoms with van der Waals surface area (Å²) in [6, 6.07) is -1.12. The normalized spacial score (nSPS) is 18.5. The number of piperidine rings is 1. The molecule has 34 heavy (non-hydrogen) atoms. The summed E-state index contributed by atoms with van der Waals surface area (Å²) < 4.78 is 4.92. The number of rotatable bonds is 12. The molecule has 1 fully saturated rings. The van der Waals surface area contributed by atoms with E-state index in [1.165, 1.54) is 18.6 Å². The van der Waals surface area contributed by atoms with Gasteiger partial charge in [-0.2, -0.15) is 0 Å². The molecule has 10 heteroatoms. The van der Waals surface area contributed by atoms with Crippen molar-refractivity contribution in [2.24, 2.45) is 17.8 Å². The number of hydrogen-bond acceptors (Lipinski definition) is 6. The number of carbonyl (C=O) groups excluding carboxylic acids is 5. The lowest BCUT2D eigenvalue weighted by Crippen LogP contribution is -2.57. The smallest absolute Gasteiger partial charge is 0.255 e. The van der Waals surface area contributed by atoms with Crippen molar-refractivity contribution in [3.05, 3.63) is 24.2 Å². The van der Waals surface area contributed by atoms with Crippen molar-refractivity contribution in [1.29, 1.82) is 0 Å². The molecule has 188 valence electrons. The van der Waals surface area contributed by atoms with Crippen LogP contribution in [-0.4, -0.2) is 54.6 Å². The van der Waals surface area contributed by atoms with E-state index in [9.17, 15) is 24.0 Å². The second kappa shape index (κ2) is 12.9. The van der Waals surface area contributed by atoms with Crippen LogP contribution < -0.4 is 21.3 Å². The molecular formula is C24H36N4O6. The van der Waals surface area contributed by atoms with Crippen LogP contribution in [0.4, 0.5) is 0 Å². The fourth-order valence-corrected chi connectivity index (χ4v) is 3.92. The van der Waals surface area contributed by atoms with Crippen LogP contribution in [0.15, 0.2) is 23.0 Å². The second-order valence-electron chi connectivity index (χ2n) is 9.51. The zero-order chi connectivity index (χ0) is 25.3. The fourth-order valence-electron chi connectivity index (χ4n) is 3.92. The Balaban J connectivity index is 2.06.